The van der Waals surface area contributed by atoms with E-state index in [9.17, 15) is 0 Å². The number of nitrogens with zero attached hydrogens (tertiary/aromatic N) is 2. The molecule has 3 heterocycles. The number of aryl methyl sites for hydroxylation is 1. The molecule has 5 nitrogen and oxygen atoms in total. The van der Waals surface area contributed by atoms with Gasteiger partial charge in [0, 0.05) is 24.5 Å². The fourth-order valence-electron chi connectivity index (χ4n) is 3.33. The number of benzene rings is 1. The van der Waals surface area contributed by atoms with Crippen molar-refractivity contribution in [1.29, 1.82) is 0 Å². The molecule has 4 rings (SSSR count). The van der Waals surface area contributed by atoms with Gasteiger partial charge in [-0.3, -0.25) is 0 Å². The standard InChI is InChI=1S/C18H21N3O2S/c1-12-20-18(23-21-12)17(13-6-8-22-9-7-13)19-10-14-11-24-16-5-3-2-4-15(14)16/h2-5,11,13,17,19H,6-10H2,1H3. The lowest BCUT2D eigenvalue weighted by atomic mass is 9.91. The van der Waals surface area contributed by atoms with Gasteiger partial charge in [0.2, 0.25) is 5.89 Å². The Balaban J connectivity index is 1.55. The van der Waals surface area contributed by atoms with Crippen LogP contribution in [0.15, 0.2) is 34.2 Å². The summed E-state index contributed by atoms with van der Waals surface area (Å²) in [5.41, 5.74) is 1.32. The van der Waals surface area contributed by atoms with Gasteiger partial charge >= 0.3 is 0 Å². The van der Waals surface area contributed by atoms with Crippen LogP contribution in [0.4, 0.5) is 0 Å². The lowest BCUT2D eigenvalue weighted by Gasteiger charge is -2.28. The zero-order chi connectivity index (χ0) is 16.4. The summed E-state index contributed by atoms with van der Waals surface area (Å²) in [5, 5.41) is 11.2. The van der Waals surface area contributed by atoms with Crippen molar-refractivity contribution in [2.24, 2.45) is 5.92 Å². The minimum atomic E-state index is 0.0776. The molecule has 0 saturated carbocycles. The van der Waals surface area contributed by atoms with Crippen LogP contribution >= 0.6 is 11.3 Å². The lowest BCUT2D eigenvalue weighted by Crippen LogP contribution is -2.32. The van der Waals surface area contributed by atoms with Crippen LogP contribution in [0.5, 0.6) is 0 Å². The van der Waals surface area contributed by atoms with Crippen LogP contribution in [-0.2, 0) is 11.3 Å². The van der Waals surface area contributed by atoms with Crippen molar-refractivity contribution in [3.63, 3.8) is 0 Å². The molecule has 1 aliphatic heterocycles. The number of thiophene rings is 1. The van der Waals surface area contributed by atoms with Gasteiger partial charge in [-0.15, -0.1) is 11.3 Å². The number of rotatable bonds is 5. The molecule has 6 heteroatoms. The van der Waals surface area contributed by atoms with E-state index in [1.54, 1.807) is 11.3 Å². The van der Waals surface area contributed by atoms with Crippen molar-refractivity contribution in [1.82, 2.24) is 15.5 Å². The van der Waals surface area contributed by atoms with Crippen LogP contribution in [0.3, 0.4) is 0 Å². The van der Waals surface area contributed by atoms with E-state index >= 15 is 0 Å². The number of aromatic nitrogens is 2. The smallest absolute Gasteiger partial charge is 0.244 e. The highest BCUT2D eigenvalue weighted by molar-refractivity contribution is 7.17. The van der Waals surface area contributed by atoms with Crippen molar-refractivity contribution in [3.05, 3.63) is 46.9 Å². The van der Waals surface area contributed by atoms with Gasteiger partial charge in [0.25, 0.3) is 0 Å². The summed E-state index contributed by atoms with van der Waals surface area (Å²) in [4.78, 5) is 4.47. The summed E-state index contributed by atoms with van der Waals surface area (Å²) >= 11 is 1.79. The highest BCUT2D eigenvalue weighted by Crippen LogP contribution is 2.31. The number of nitrogens with one attached hydrogen (secondary N) is 1. The lowest BCUT2D eigenvalue weighted by molar-refractivity contribution is 0.0486. The van der Waals surface area contributed by atoms with Gasteiger partial charge in [-0.05, 0) is 48.1 Å². The third kappa shape index (κ3) is 3.22. The Hall–Kier alpha value is -1.76. The minimum absolute atomic E-state index is 0.0776. The molecule has 24 heavy (non-hydrogen) atoms. The summed E-state index contributed by atoms with van der Waals surface area (Å²) in [5.74, 6) is 1.84. The highest BCUT2D eigenvalue weighted by atomic mass is 32.1. The summed E-state index contributed by atoms with van der Waals surface area (Å²) in [6.45, 7) is 4.27. The first kappa shape index (κ1) is 15.7. The van der Waals surface area contributed by atoms with Crippen LogP contribution in [-0.4, -0.2) is 23.4 Å². The molecule has 0 aliphatic carbocycles. The fourth-order valence-corrected chi connectivity index (χ4v) is 4.30. The molecule has 1 unspecified atom stereocenters. The molecule has 1 fully saturated rings. The van der Waals surface area contributed by atoms with E-state index in [1.165, 1.54) is 15.6 Å². The molecule has 1 saturated heterocycles. The Bertz CT molecular complexity index is 807. The third-order valence-corrected chi connectivity index (χ3v) is 5.63. The van der Waals surface area contributed by atoms with Crippen molar-refractivity contribution in [3.8, 4) is 0 Å². The van der Waals surface area contributed by atoms with E-state index in [0.29, 0.717) is 17.6 Å². The molecule has 3 aromatic rings. The normalized spacial score (nSPS) is 17.4. The summed E-state index contributed by atoms with van der Waals surface area (Å²) in [7, 11) is 0. The zero-order valence-electron chi connectivity index (χ0n) is 13.7. The molecule has 1 atom stereocenters. The van der Waals surface area contributed by atoms with E-state index in [-0.39, 0.29) is 6.04 Å². The van der Waals surface area contributed by atoms with Crippen LogP contribution in [0, 0.1) is 12.8 Å². The fraction of sp³-hybridized carbons (Fsp3) is 0.444. The molecule has 0 radical (unpaired) electrons. The molecule has 126 valence electrons. The van der Waals surface area contributed by atoms with E-state index in [4.69, 9.17) is 9.26 Å². The van der Waals surface area contributed by atoms with Gasteiger partial charge in [-0.2, -0.15) is 4.98 Å². The first-order chi connectivity index (χ1) is 11.8. The average Bonchev–Trinajstić information content (AvgIpc) is 3.23. The number of hydrogen-bond acceptors (Lipinski definition) is 6. The number of ether oxygens (including phenoxy) is 1. The Labute approximate surface area is 145 Å². The molecule has 1 aliphatic rings. The van der Waals surface area contributed by atoms with E-state index in [0.717, 1.165) is 32.6 Å². The minimum Gasteiger partial charge on any atom is -0.381 e. The van der Waals surface area contributed by atoms with E-state index < -0.39 is 0 Å². The van der Waals surface area contributed by atoms with Crippen LogP contribution in [0.25, 0.3) is 10.1 Å². The van der Waals surface area contributed by atoms with Crippen molar-refractivity contribution in [2.45, 2.75) is 32.4 Å². The van der Waals surface area contributed by atoms with Crippen LogP contribution < -0.4 is 5.32 Å². The highest BCUT2D eigenvalue weighted by Gasteiger charge is 2.29. The monoisotopic (exact) mass is 343 g/mol. The first-order valence-electron chi connectivity index (χ1n) is 8.38. The average molecular weight is 343 g/mol. The Morgan fingerprint density at radius 3 is 2.92 bits per heavy atom. The molecule has 0 spiro atoms. The first-order valence-corrected chi connectivity index (χ1v) is 9.25. The largest absolute Gasteiger partial charge is 0.381 e. The van der Waals surface area contributed by atoms with Crippen molar-refractivity contribution < 1.29 is 9.26 Å². The van der Waals surface area contributed by atoms with Crippen LogP contribution in [0.2, 0.25) is 0 Å². The summed E-state index contributed by atoms with van der Waals surface area (Å²) in [6.07, 6.45) is 2.03. The number of fused-ring (bicyclic) bond motifs is 1. The van der Waals surface area contributed by atoms with E-state index in [1.807, 2.05) is 6.92 Å². The Morgan fingerprint density at radius 2 is 2.12 bits per heavy atom. The maximum atomic E-state index is 5.51. The van der Waals surface area contributed by atoms with Gasteiger partial charge < -0.3 is 14.6 Å². The topological polar surface area (TPSA) is 60.2 Å². The SMILES string of the molecule is Cc1noc(C(NCc2csc3ccccc23)C2CCOCC2)n1. The molecular formula is C18H21N3O2S. The molecule has 0 bridgehead atoms. The molecule has 1 aromatic carbocycles. The van der Waals surface area contributed by atoms with Gasteiger partial charge in [0.05, 0.1) is 6.04 Å². The molecule has 0 amide bonds. The summed E-state index contributed by atoms with van der Waals surface area (Å²) in [6, 6.07) is 8.61. The second-order valence-corrected chi connectivity index (χ2v) is 7.16. The molecule has 1 N–H and O–H groups in total. The van der Waals surface area contributed by atoms with Gasteiger partial charge in [-0.25, -0.2) is 0 Å². The Morgan fingerprint density at radius 1 is 1.29 bits per heavy atom. The predicted octanol–water partition coefficient (Wildman–Crippen LogP) is 3.85. The quantitative estimate of drug-likeness (QED) is 0.762. The van der Waals surface area contributed by atoms with Gasteiger partial charge in [0.1, 0.15) is 0 Å². The third-order valence-electron chi connectivity index (χ3n) is 4.62. The maximum Gasteiger partial charge on any atom is 0.244 e. The summed E-state index contributed by atoms with van der Waals surface area (Å²) < 4.78 is 12.3. The molecular weight excluding hydrogens is 322 g/mol. The predicted molar refractivity (Wildman–Crippen MR) is 94.0 cm³/mol. The molecule has 2 aromatic heterocycles. The maximum absolute atomic E-state index is 5.51. The second-order valence-electron chi connectivity index (χ2n) is 6.25. The van der Waals surface area contributed by atoms with Gasteiger partial charge in [-0.1, -0.05) is 23.4 Å². The van der Waals surface area contributed by atoms with Gasteiger partial charge in [0.15, 0.2) is 5.82 Å². The van der Waals surface area contributed by atoms with Crippen molar-refractivity contribution >= 4 is 21.4 Å². The number of hydrogen-bond donors (Lipinski definition) is 1. The van der Waals surface area contributed by atoms with E-state index in [2.05, 4.69) is 45.1 Å². The van der Waals surface area contributed by atoms with Crippen LogP contribution in [0.1, 0.15) is 36.2 Å². The van der Waals surface area contributed by atoms with Crippen molar-refractivity contribution in [2.75, 3.05) is 13.2 Å². The second kappa shape index (κ2) is 7.01. The Kier molecular flexibility index (Phi) is 4.60. The zero-order valence-corrected chi connectivity index (χ0v) is 14.5.